The van der Waals surface area contributed by atoms with Gasteiger partial charge in [0.25, 0.3) is 0 Å². The molecule has 0 spiro atoms. The molecular weight excluding hydrogens is 361 g/mol. The van der Waals surface area contributed by atoms with Gasteiger partial charge in [0.2, 0.25) is 0 Å². The number of amides is 1. The molecule has 2 atom stereocenters. The number of benzene rings is 1. The molecule has 2 heterocycles. The molecule has 28 heavy (non-hydrogen) atoms. The third kappa shape index (κ3) is 4.29. The average Bonchev–Trinajstić information content (AvgIpc) is 3.18. The lowest BCUT2D eigenvalue weighted by molar-refractivity contribution is 0.0214. The predicted octanol–water partition coefficient (Wildman–Crippen LogP) is 3.28. The van der Waals surface area contributed by atoms with E-state index in [1.54, 1.807) is 36.2 Å². The lowest BCUT2D eigenvalue weighted by Crippen LogP contribution is -2.50. The van der Waals surface area contributed by atoms with Gasteiger partial charge in [-0.1, -0.05) is 0 Å². The summed E-state index contributed by atoms with van der Waals surface area (Å²) in [5.41, 5.74) is 0.272. The number of allylic oxidation sites excluding steroid dienone is 1. The van der Waals surface area contributed by atoms with Crippen LogP contribution in [0.1, 0.15) is 37.6 Å². The fraction of sp³-hybridized carbons (Fsp3) is 0.524. The Balaban J connectivity index is 1.68. The van der Waals surface area contributed by atoms with Gasteiger partial charge in [-0.2, -0.15) is 0 Å². The van der Waals surface area contributed by atoms with Gasteiger partial charge in [-0.3, -0.25) is 4.79 Å². The third-order valence-electron chi connectivity index (χ3n) is 4.94. The fourth-order valence-corrected chi connectivity index (χ4v) is 3.72. The summed E-state index contributed by atoms with van der Waals surface area (Å²) in [6, 6.07) is 4.91. The number of hydrogen-bond donors (Lipinski definition) is 0. The fourth-order valence-electron chi connectivity index (χ4n) is 3.72. The van der Waals surface area contributed by atoms with Crippen molar-refractivity contribution >= 4 is 17.6 Å². The molecule has 0 aliphatic carbocycles. The summed E-state index contributed by atoms with van der Waals surface area (Å²) in [5, 5.41) is 0. The molecule has 1 amide bonds. The monoisotopic (exact) mass is 389 g/mol. The Labute approximate surface area is 165 Å². The molecule has 2 aliphatic heterocycles. The van der Waals surface area contributed by atoms with E-state index >= 15 is 0 Å². The van der Waals surface area contributed by atoms with Crippen LogP contribution in [0.3, 0.4) is 0 Å². The van der Waals surface area contributed by atoms with Gasteiger partial charge in [0.1, 0.15) is 11.4 Å². The quantitative estimate of drug-likeness (QED) is 0.584. The molecule has 0 N–H and O–H groups in total. The van der Waals surface area contributed by atoms with E-state index < -0.39 is 11.4 Å². The maximum Gasteiger partial charge on any atom is 0.410 e. The molecule has 7 heteroatoms. The maximum atomic E-state index is 14.5. The largest absolute Gasteiger partial charge is 0.444 e. The minimum absolute atomic E-state index is 0.0570. The number of ketones is 1. The summed E-state index contributed by atoms with van der Waals surface area (Å²) >= 11 is 0. The Hall–Kier alpha value is -2.57. The van der Waals surface area contributed by atoms with Crippen LogP contribution in [0, 0.1) is 5.82 Å². The molecule has 152 valence electrons. The highest BCUT2D eigenvalue weighted by Gasteiger charge is 2.46. The maximum absolute atomic E-state index is 14.5. The van der Waals surface area contributed by atoms with E-state index in [9.17, 15) is 14.0 Å². The van der Waals surface area contributed by atoms with Gasteiger partial charge >= 0.3 is 6.09 Å². The Morgan fingerprint density at radius 2 is 1.93 bits per heavy atom. The number of likely N-dealkylation sites (tertiary alicyclic amines) is 1. The first kappa shape index (κ1) is 20.2. The summed E-state index contributed by atoms with van der Waals surface area (Å²) in [6.45, 7) is 6.76. The van der Waals surface area contributed by atoms with Gasteiger partial charge in [-0.25, -0.2) is 9.18 Å². The van der Waals surface area contributed by atoms with Crippen LogP contribution in [0.5, 0.6) is 0 Å². The number of anilines is 1. The van der Waals surface area contributed by atoms with Gasteiger partial charge < -0.3 is 19.4 Å². The number of halogens is 1. The van der Waals surface area contributed by atoms with E-state index in [4.69, 9.17) is 4.74 Å². The van der Waals surface area contributed by atoms with E-state index in [1.165, 1.54) is 18.2 Å². The van der Waals surface area contributed by atoms with Crippen molar-refractivity contribution in [2.24, 2.45) is 0 Å². The molecule has 2 aliphatic rings. The van der Waals surface area contributed by atoms with Crippen molar-refractivity contribution in [2.45, 2.75) is 44.9 Å². The van der Waals surface area contributed by atoms with Crippen LogP contribution in [0.15, 0.2) is 30.5 Å². The standard InChI is InChI=1S/C21H28FN3O3/c1-21(2,3)28-20(27)25-13-15-10-16(25)12-24(15)14-6-7-17(18(22)11-14)19(26)8-9-23(4)5/h6-9,11,15-16H,10,12-13H2,1-5H3/t15-,16+/m0/s1. The van der Waals surface area contributed by atoms with Crippen LogP contribution < -0.4 is 4.90 Å². The lowest BCUT2D eigenvalue weighted by atomic mass is 10.1. The Kier molecular flexibility index (Phi) is 5.37. The zero-order valence-corrected chi connectivity index (χ0v) is 17.1. The molecule has 3 rings (SSSR count). The summed E-state index contributed by atoms with van der Waals surface area (Å²) in [7, 11) is 3.60. The first-order chi connectivity index (χ1) is 13.0. The molecule has 0 radical (unpaired) electrons. The normalized spacial score (nSPS) is 21.5. The van der Waals surface area contributed by atoms with Crippen molar-refractivity contribution in [1.29, 1.82) is 0 Å². The van der Waals surface area contributed by atoms with Crippen LogP contribution in [0.25, 0.3) is 0 Å². The minimum atomic E-state index is -0.530. The third-order valence-corrected chi connectivity index (χ3v) is 4.94. The number of piperazine rings is 1. The molecule has 0 aromatic heterocycles. The van der Waals surface area contributed by atoms with E-state index in [2.05, 4.69) is 4.90 Å². The van der Waals surface area contributed by atoms with Crippen molar-refractivity contribution in [3.63, 3.8) is 0 Å². The topological polar surface area (TPSA) is 53.1 Å². The number of hydrogen-bond acceptors (Lipinski definition) is 5. The average molecular weight is 389 g/mol. The Morgan fingerprint density at radius 3 is 2.46 bits per heavy atom. The highest BCUT2D eigenvalue weighted by molar-refractivity contribution is 6.04. The SMILES string of the molecule is CN(C)C=CC(=O)c1ccc(N2C[C@H]3C[C@H]2CN3C(=O)OC(C)(C)C)cc1F. The van der Waals surface area contributed by atoms with Gasteiger partial charge in [0, 0.05) is 51.2 Å². The van der Waals surface area contributed by atoms with Crippen LogP contribution in [0.4, 0.5) is 14.9 Å². The molecule has 1 aromatic carbocycles. The van der Waals surface area contributed by atoms with Crippen LogP contribution in [-0.2, 0) is 4.74 Å². The number of rotatable bonds is 4. The van der Waals surface area contributed by atoms with E-state index in [-0.39, 0.29) is 29.5 Å². The minimum Gasteiger partial charge on any atom is -0.444 e. The summed E-state index contributed by atoms with van der Waals surface area (Å²) in [5.74, 6) is -0.894. The first-order valence-electron chi connectivity index (χ1n) is 9.50. The van der Waals surface area contributed by atoms with Gasteiger partial charge in [-0.15, -0.1) is 0 Å². The second-order valence-electron chi connectivity index (χ2n) is 8.64. The molecule has 2 saturated heterocycles. The van der Waals surface area contributed by atoms with Crippen molar-refractivity contribution in [3.8, 4) is 0 Å². The molecule has 1 aromatic rings. The first-order valence-corrected chi connectivity index (χ1v) is 9.50. The highest BCUT2D eigenvalue weighted by Crippen LogP contribution is 2.36. The van der Waals surface area contributed by atoms with Crippen molar-refractivity contribution in [2.75, 3.05) is 32.1 Å². The lowest BCUT2D eigenvalue weighted by Gasteiger charge is -2.36. The number of carbonyl (C=O) groups is 2. The molecule has 0 saturated carbocycles. The Bertz CT molecular complexity index is 801. The van der Waals surface area contributed by atoms with Crippen LogP contribution in [0.2, 0.25) is 0 Å². The molecule has 6 nitrogen and oxygen atoms in total. The number of nitrogens with zero attached hydrogens (tertiary/aromatic N) is 3. The van der Waals surface area contributed by atoms with Crippen LogP contribution in [-0.4, -0.2) is 66.5 Å². The van der Waals surface area contributed by atoms with Crippen molar-refractivity contribution in [3.05, 3.63) is 41.9 Å². The predicted molar refractivity (Wildman–Crippen MR) is 106 cm³/mol. The van der Waals surface area contributed by atoms with E-state index in [1.807, 2.05) is 20.8 Å². The van der Waals surface area contributed by atoms with Crippen molar-refractivity contribution < 1.29 is 18.7 Å². The zero-order valence-electron chi connectivity index (χ0n) is 17.1. The number of fused-ring (bicyclic) bond motifs is 2. The van der Waals surface area contributed by atoms with Gasteiger partial charge in [0.05, 0.1) is 11.6 Å². The Morgan fingerprint density at radius 1 is 1.21 bits per heavy atom. The van der Waals surface area contributed by atoms with E-state index in [0.29, 0.717) is 13.1 Å². The number of ether oxygens (including phenoxy) is 1. The summed E-state index contributed by atoms with van der Waals surface area (Å²) < 4.78 is 20.0. The molecule has 0 unspecified atom stereocenters. The smallest absolute Gasteiger partial charge is 0.410 e. The zero-order chi connectivity index (χ0) is 20.6. The second-order valence-corrected chi connectivity index (χ2v) is 8.64. The van der Waals surface area contributed by atoms with Gasteiger partial charge in [-0.05, 0) is 45.4 Å². The molecule has 2 fully saturated rings. The summed E-state index contributed by atoms with van der Waals surface area (Å²) in [4.78, 5) is 30.1. The summed E-state index contributed by atoms with van der Waals surface area (Å²) in [6.07, 6.45) is 3.50. The number of carbonyl (C=O) groups excluding carboxylic acids is 2. The van der Waals surface area contributed by atoms with E-state index in [0.717, 1.165) is 12.1 Å². The molecular formula is C21H28FN3O3. The highest BCUT2D eigenvalue weighted by atomic mass is 19.1. The second kappa shape index (κ2) is 7.45. The van der Waals surface area contributed by atoms with Crippen LogP contribution >= 0.6 is 0 Å². The van der Waals surface area contributed by atoms with Gasteiger partial charge in [0.15, 0.2) is 5.78 Å². The molecule has 2 bridgehead atoms. The van der Waals surface area contributed by atoms with Crippen molar-refractivity contribution in [1.82, 2.24) is 9.80 Å².